The van der Waals surface area contributed by atoms with E-state index < -0.39 is 11.7 Å². The molecule has 0 heterocycles. The van der Waals surface area contributed by atoms with Gasteiger partial charge >= 0.3 is 6.18 Å². The minimum atomic E-state index is -4.55. The molecule has 0 spiro atoms. The van der Waals surface area contributed by atoms with Gasteiger partial charge in [0.25, 0.3) is 0 Å². The second-order valence-electron chi connectivity index (χ2n) is 3.89. The number of carbonyl (C=O) groups excluding carboxylic acids is 1. The van der Waals surface area contributed by atoms with Crippen molar-refractivity contribution in [3.63, 3.8) is 0 Å². The number of aliphatic hydroxyl groups excluding tert-OH is 1. The van der Waals surface area contributed by atoms with Crippen LogP contribution in [-0.4, -0.2) is 31.6 Å². The van der Waals surface area contributed by atoms with Crippen LogP contribution in [0.2, 0.25) is 0 Å². The molecule has 0 saturated carbocycles. The van der Waals surface area contributed by atoms with Crippen molar-refractivity contribution >= 4 is 12.0 Å². The molecule has 6 heteroatoms. The molecule has 0 saturated heterocycles. The molecule has 1 N–H and O–H groups in total. The second kappa shape index (κ2) is 5.86. The molecule has 0 aliphatic carbocycles. The van der Waals surface area contributed by atoms with Gasteiger partial charge in [-0.3, -0.25) is 4.79 Å². The molecule has 0 amide bonds. The summed E-state index contributed by atoms with van der Waals surface area (Å²) in [6.07, 6.45) is -3.89. The molecule has 0 fully saturated rings. The first-order valence-electron chi connectivity index (χ1n) is 5.38. The Kier molecular flexibility index (Phi) is 4.72. The highest BCUT2D eigenvalue weighted by molar-refractivity contribution is 5.79. The molecule has 18 heavy (non-hydrogen) atoms. The van der Waals surface area contributed by atoms with Crippen LogP contribution in [0.3, 0.4) is 0 Å². The molecule has 0 aromatic heterocycles. The third-order valence-electron chi connectivity index (χ3n) is 2.56. The van der Waals surface area contributed by atoms with Crippen molar-refractivity contribution < 1.29 is 23.1 Å². The Labute approximate surface area is 103 Å². The topological polar surface area (TPSA) is 40.5 Å². The van der Waals surface area contributed by atoms with E-state index in [2.05, 4.69) is 0 Å². The average molecular weight is 261 g/mol. The lowest BCUT2D eigenvalue weighted by Crippen LogP contribution is -2.20. The molecule has 1 aromatic rings. The molecule has 0 radical (unpaired) electrons. The molecule has 100 valence electrons. The number of halogens is 3. The molecule has 0 bridgehead atoms. The van der Waals surface area contributed by atoms with E-state index in [-0.39, 0.29) is 18.5 Å². The van der Waals surface area contributed by atoms with Crippen LogP contribution in [0.4, 0.5) is 18.9 Å². The highest BCUT2D eigenvalue weighted by atomic mass is 19.4. The number of anilines is 1. The van der Waals surface area contributed by atoms with Gasteiger partial charge in [0.05, 0.1) is 5.56 Å². The smallest absolute Gasteiger partial charge is 0.396 e. The number of alkyl halides is 3. The predicted molar refractivity (Wildman–Crippen MR) is 61.8 cm³/mol. The Morgan fingerprint density at radius 3 is 2.56 bits per heavy atom. The van der Waals surface area contributed by atoms with Gasteiger partial charge in [-0.05, 0) is 24.6 Å². The predicted octanol–water partition coefficient (Wildman–Crippen LogP) is 2.34. The fourth-order valence-corrected chi connectivity index (χ4v) is 1.57. The van der Waals surface area contributed by atoms with Gasteiger partial charge in [-0.1, -0.05) is 0 Å². The lowest BCUT2D eigenvalue weighted by Gasteiger charge is -2.20. The third kappa shape index (κ3) is 3.46. The molecule has 3 nitrogen and oxygen atoms in total. The summed E-state index contributed by atoms with van der Waals surface area (Å²) in [5.41, 5.74) is -0.950. The summed E-state index contributed by atoms with van der Waals surface area (Å²) in [6, 6.07) is 3.55. The molecule has 1 rings (SSSR count). The van der Waals surface area contributed by atoms with Crippen LogP contribution in [0.1, 0.15) is 22.3 Å². The first-order chi connectivity index (χ1) is 8.40. The van der Waals surface area contributed by atoms with Crippen molar-refractivity contribution in [2.75, 3.05) is 25.1 Å². The van der Waals surface area contributed by atoms with Gasteiger partial charge in [0.15, 0.2) is 6.29 Å². The van der Waals surface area contributed by atoms with E-state index in [1.165, 1.54) is 6.07 Å². The van der Waals surface area contributed by atoms with Gasteiger partial charge in [0, 0.05) is 31.5 Å². The highest BCUT2D eigenvalue weighted by Crippen LogP contribution is 2.33. The van der Waals surface area contributed by atoms with Crippen molar-refractivity contribution in [1.82, 2.24) is 0 Å². The van der Waals surface area contributed by atoms with Crippen molar-refractivity contribution in [2.24, 2.45) is 0 Å². The Morgan fingerprint density at radius 2 is 2.06 bits per heavy atom. The summed E-state index contributed by atoms with van der Waals surface area (Å²) in [6.45, 7) is 0.414. The molecular formula is C12H14F3NO2. The Hall–Kier alpha value is -1.56. The van der Waals surface area contributed by atoms with Crippen LogP contribution in [0, 0.1) is 0 Å². The first-order valence-corrected chi connectivity index (χ1v) is 5.38. The summed E-state index contributed by atoms with van der Waals surface area (Å²) >= 11 is 0. The van der Waals surface area contributed by atoms with Gasteiger partial charge in [-0.2, -0.15) is 13.2 Å². The zero-order valence-corrected chi connectivity index (χ0v) is 9.87. The number of rotatable bonds is 5. The van der Waals surface area contributed by atoms with E-state index in [0.717, 1.165) is 12.1 Å². The van der Waals surface area contributed by atoms with Gasteiger partial charge < -0.3 is 10.0 Å². The first kappa shape index (κ1) is 14.5. The Balaban J connectivity index is 3.06. The number of nitrogens with zero attached hydrogens (tertiary/aromatic N) is 1. The van der Waals surface area contributed by atoms with Gasteiger partial charge in [0.1, 0.15) is 0 Å². The van der Waals surface area contributed by atoms with Crippen LogP contribution < -0.4 is 4.90 Å². The number of hydrogen-bond acceptors (Lipinski definition) is 3. The summed E-state index contributed by atoms with van der Waals surface area (Å²) in [7, 11) is 1.63. The number of benzene rings is 1. The quantitative estimate of drug-likeness (QED) is 0.827. The SMILES string of the molecule is CN(CCCO)c1ccc(C=O)c(C(F)(F)F)c1. The summed E-state index contributed by atoms with van der Waals surface area (Å²) in [4.78, 5) is 12.2. The van der Waals surface area contributed by atoms with Crippen molar-refractivity contribution in [1.29, 1.82) is 0 Å². The second-order valence-corrected chi connectivity index (χ2v) is 3.89. The molecule has 1 aromatic carbocycles. The van der Waals surface area contributed by atoms with E-state index in [0.29, 0.717) is 18.7 Å². The van der Waals surface area contributed by atoms with Crippen LogP contribution in [0.15, 0.2) is 18.2 Å². The lowest BCUT2D eigenvalue weighted by atomic mass is 10.1. The average Bonchev–Trinajstić information content (AvgIpc) is 2.34. The molecule has 0 atom stereocenters. The molecular weight excluding hydrogens is 247 g/mol. The summed E-state index contributed by atoms with van der Waals surface area (Å²) in [5.74, 6) is 0. The minimum absolute atomic E-state index is 0.0249. The maximum absolute atomic E-state index is 12.7. The number of hydrogen-bond donors (Lipinski definition) is 1. The monoisotopic (exact) mass is 261 g/mol. The zero-order valence-electron chi connectivity index (χ0n) is 9.87. The number of aliphatic hydroxyl groups is 1. The summed E-state index contributed by atoms with van der Waals surface area (Å²) in [5, 5.41) is 8.68. The van der Waals surface area contributed by atoms with E-state index in [4.69, 9.17) is 5.11 Å². The fourth-order valence-electron chi connectivity index (χ4n) is 1.57. The van der Waals surface area contributed by atoms with Crippen LogP contribution in [0.5, 0.6) is 0 Å². The number of aldehydes is 1. The molecule has 0 aliphatic heterocycles. The van der Waals surface area contributed by atoms with Crippen LogP contribution in [0.25, 0.3) is 0 Å². The maximum atomic E-state index is 12.7. The molecule has 0 aliphatic rings. The standard InChI is InChI=1S/C12H14F3NO2/c1-16(5-2-6-17)10-4-3-9(8-18)11(7-10)12(13,14)15/h3-4,7-8,17H,2,5-6H2,1H3. The van der Waals surface area contributed by atoms with E-state index >= 15 is 0 Å². The van der Waals surface area contributed by atoms with E-state index in [1.807, 2.05) is 0 Å². The summed E-state index contributed by atoms with van der Waals surface area (Å²) < 4.78 is 38.1. The zero-order chi connectivity index (χ0) is 13.8. The maximum Gasteiger partial charge on any atom is 0.417 e. The normalized spacial score (nSPS) is 11.4. The lowest BCUT2D eigenvalue weighted by molar-refractivity contribution is -0.137. The van der Waals surface area contributed by atoms with E-state index in [9.17, 15) is 18.0 Å². The van der Waals surface area contributed by atoms with Crippen molar-refractivity contribution in [3.05, 3.63) is 29.3 Å². The fraction of sp³-hybridized carbons (Fsp3) is 0.417. The van der Waals surface area contributed by atoms with Gasteiger partial charge in [-0.25, -0.2) is 0 Å². The van der Waals surface area contributed by atoms with Gasteiger partial charge in [0.2, 0.25) is 0 Å². The van der Waals surface area contributed by atoms with Crippen LogP contribution >= 0.6 is 0 Å². The van der Waals surface area contributed by atoms with Crippen LogP contribution in [-0.2, 0) is 6.18 Å². The molecule has 0 unspecified atom stereocenters. The third-order valence-corrected chi connectivity index (χ3v) is 2.56. The highest BCUT2D eigenvalue weighted by Gasteiger charge is 2.33. The van der Waals surface area contributed by atoms with E-state index in [1.54, 1.807) is 11.9 Å². The van der Waals surface area contributed by atoms with Gasteiger partial charge in [-0.15, -0.1) is 0 Å². The van der Waals surface area contributed by atoms with Crippen molar-refractivity contribution in [3.8, 4) is 0 Å². The Bertz CT molecular complexity index is 418. The minimum Gasteiger partial charge on any atom is -0.396 e. The van der Waals surface area contributed by atoms with Crippen molar-refractivity contribution in [2.45, 2.75) is 12.6 Å². The number of carbonyl (C=O) groups is 1. The largest absolute Gasteiger partial charge is 0.417 e. The Morgan fingerprint density at radius 1 is 1.39 bits per heavy atom.